The van der Waals surface area contributed by atoms with E-state index in [-0.39, 0.29) is 17.6 Å². The second kappa shape index (κ2) is 24.6. The first-order valence-corrected chi connectivity index (χ1v) is 26.3. The lowest BCUT2D eigenvalue weighted by atomic mass is 9.76. The minimum absolute atomic E-state index is 0.0829. The molecular weight excluding hydrogens is 1070 g/mol. The van der Waals surface area contributed by atoms with Gasteiger partial charge in [0, 0.05) is 45.9 Å². The Morgan fingerprint density at radius 2 is 1.18 bits per heavy atom. The van der Waals surface area contributed by atoms with E-state index < -0.39 is 30.3 Å². The molecule has 0 saturated carbocycles. The number of thiazole rings is 3. The van der Waals surface area contributed by atoms with Gasteiger partial charge in [0.15, 0.2) is 0 Å². The van der Waals surface area contributed by atoms with Gasteiger partial charge in [-0.2, -0.15) is 0 Å². The number of carbonyl (C=O) groups is 3. The van der Waals surface area contributed by atoms with Crippen molar-refractivity contribution in [2.45, 2.75) is 100 Å². The van der Waals surface area contributed by atoms with Crippen LogP contribution in [0.4, 0.5) is 5.82 Å². The average Bonchev–Trinajstić information content (AvgIpc) is 4.23. The lowest BCUT2D eigenvalue weighted by Crippen LogP contribution is -2.41. The molecule has 0 aliphatic carbocycles. The number of aryl methyl sites for hydroxylation is 6. The topological polar surface area (TPSA) is 234 Å². The molecule has 0 atom stereocenters. The third kappa shape index (κ3) is 14.2. The zero-order chi connectivity index (χ0) is 54.1. The number of rotatable bonds is 9. The van der Waals surface area contributed by atoms with Crippen molar-refractivity contribution in [3.63, 3.8) is 0 Å². The fourth-order valence-corrected chi connectivity index (χ4v) is 9.11. The molecule has 1 N–H and O–H groups in total. The summed E-state index contributed by atoms with van der Waals surface area (Å²) in [7, 11) is 2.17. The van der Waals surface area contributed by atoms with E-state index in [1.165, 1.54) is 14.2 Å². The largest absolute Gasteiger partial charge is 0.495 e. The van der Waals surface area contributed by atoms with E-state index in [2.05, 4.69) is 76.4 Å². The molecule has 1 fully saturated rings. The Bertz CT molecular complexity index is 3230. The Morgan fingerprint density at radius 3 is 1.65 bits per heavy atom. The molecule has 0 unspecified atom stereocenters. The fourth-order valence-electron chi connectivity index (χ4n) is 6.75. The monoisotopic (exact) mass is 1120 g/mol. The molecule has 1 saturated heterocycles. The number of aromatic nitrogens is 11. The molecule has 8 aromatic rings. The summed E-state index contributed by atoms with van der Waals surface area (Å²) in [6.07, 6.45) is 4.97. The number of nitrogens with one attached hydrogen (secondary N) is 1. The van der Waals surface area contributed by atoms with Crippen LogP contribution in [0.25, 0.3) is 34.0 Å². The maximum Gasteiger partial charge on any atom is 0.495 e. The quantitative estimate of drug-likeness (QED) is 0.105. The molecule has 74 heavy (non-hydrogen) atoms. The SMILES string of the molecule is COC(=O)c1cc(-c2csc(C)n2)c(C)cn1.COC(=O)c1cc(B2OC(C)(C)C(C)(C)O2)c(C)cn1.Cc1nc(-c2cc(C(=O)Nc3cccc(-c4nnnn4C(C)C)n3)ncc2C)cs1.Cc1nc(Br)cs1. The molecule has 0 radical (unpaired) electrons. The predicted octanol–water partition coefficient (Wildman–Crippen LogP) is 10.0. The maximum absolute atomic E-state index is 12.8. The van der Waals surface area contributed by atoms with Crippen molar-refractivity contribution in [3.05, 3.63) is 125 Å². The maximum atomic E-state index is 12.8. The minimum atomic E-state index is -0.508. The smallest absolute Gasteiger partial charge is 0.464 e. The Morgan fingerprint density at radius 1 is 0.676 bits per heavy atom. The lowest BCUT2D eigenvalue weighted by molar-refractivity contribution is 0.00578. The lowest BCUT2D eigenvalue weighted by Gasteiger charge is -2.32. The van der Waals surface area contributed by atoms with E-state index in [9.17, 15) is 14.4 Å². The van der Waals surface area contributed by atoms with Crippen LogP contribution in [0.3, 0.4) is 0 Å². The molecule has 8 aromatic heterocycles. The van der Waals surface area contributed by atoms with Gasteiger partial charge in [-0.15, -0.1) is 39.1 Å². The minimum Gasteiger partial charge on any atom is -0.464 e. The van der Waals surface area contributed by atoms with E-state index in [4.69, 9.17) is 14.0 Å². The van der Waals surface area contributed by atoms with Gasteiger partial charge < -0.3 is 24.1 Å². The van der Waals surface area contributed by atoms with Crippen LogP contribution in [0.1, 0.15) is 111 Å². The summed E-state index contributed by atoms with van der Waals surface area (Å²) in [5.74, 6) is -0.322. The summed E-state index contributed by atoms with van der Waals surface area (Å²) >= 11 is 8.03. The van der Waals surface area contributed by atoms with Gasteiger partial charge in [-0.05, 0) is 162 Å². The summed E-state index contributed by atoms with van der Waals surface area (Å²) in [6, 6.07) is 10.5. The third-order valence-corrected chi connectivity index (χ3v) is 14.5. The number of methoxy groups -OCH3 is 2. The van der Waals surface area contributed by atoms with Gasteiger partial charge in [0.2, 0.25) is 5.82 Å². The van der Waals surface area contributed by atoms with Crippen LogP contribution >= 0.6 is 49.9 Å². The van der Waals surface area contributed by atoms with Crippen LogP contribution in [0.5, 0.6) is 0 Å². The molecule has 386 valence electrons. The molecule has 1 amide bonds. The molecule has 1 aliphatic heterocycles. The van der Waals surface area contributed by atoms with Crippen molar-refractivity contribution in [3.8, 4) is 34.0 Å². The first-order chi connectivity index (χ1) is 35.0. The van der Waals surface area contributed by atoms with E-state index in [1.54, 1.807) is 93.7 Å². The molecule has 0 aromatic carbocycles. The number of esters is 2. The first-order valence-electron chi connectivity index (χ1n) is 22.9. The van der Waals surface area contributed by atoms with Gasteiger partial charge in [-0.25, -0.2) is 44.2 Å². The molecule has 1 aliphatic rings. The number of halogens is 1. The van der Waals surface area contributed by atoms with Gasteiger partial charge in [0.05, 0.1) is 57.9 Å². The van der Waals surface area contributed by atoms with Gasteiger partial charge in [-0.3, -0.25) is 9.78 Å². The molecule has 9 rings (SSSR count). The Kier molecular flexibility index (Phi) is 18.9. The molecule has 24 heteroatoms. The Hall–Kier alpha value is -6.57. The van der Waals surface area contributed by atoms with E-state index in [0.717, 1.165) is 64.3 Å². The number of anilines is 1. The van der Waals surface area contributed by atoms with Crippen molar-refractivity contribution in [1.82, 2.24) is 55.1 Å². The molecule has 9 heterocycles. The van der Waals surface area contributed by atoms with Crippen LogP contribution in [0.2, 0.25) is 0 Å². The number of pyridine rings is 4. The molecule has 0 bridgehead atoms. The van der Waals surface area contributed by atoms with Crippen LogP contribution < -0.4 is 10.8 Å². The summed E-state index contributed by atoms with van der Waals surface area (Å²) < 4.78 is 24.0. The first kappa shape index (κ1) is 56.7. The highest BCUT2D eigenvalue weighted by molar-refractivity contribution is 9.10. The highest BCUT2D eigenvalue weighted by Gasteiger charge is 2.52. The van der Waals surface area contributed by atoms with Gasteiger partial charge in [0.25, 0.3) is 5.91 Å². The fraction of sp³-hybridized carbons (Fsp3) is 0.340. The number of tetrazole rings is 1. The molecule has 0 spiro atoms. The number of carbonyl (C=O) groups excluding carboxylic acids is 3. The number of nitrogens with zero attached hydrogens (tertiary/aromatic N) is 11. The highest BCUT2D eigenvalue weighted by Crippen LogP contribution is 2.37. The van der Waals surface area contributed by atoms with E-state index in [1.807, 2.05) is 99.2 Å². The third-order valence-electron chi connectivity index (χ3n) is 11.5. The second-order valence-corrected chi connectivity index (χ2v) is 21.9. The summed E-state index contributed by atoms with van der Waals surface area (Å²) in [4.78, 5) is 65.6. The Balaban J connectivity index is 0.000000176. The van der Waals surface area contributed by atoms with Gasteiger partial charge >= 0.3 is 19.1 Å². The van der Waals surface area contributed by atoms with E-state index in [0.29, 0.717) is 28.7 Å². The summed E-state index contributed by atoms with van der Waals surface area (Å²) in [6.45, 7) is 23.6. The standard InChI is InChI=1S/C20H20N8OS.C14H20BNO4.C12H12N2O2S.C4H4BrNS/c1-11(2)28-19(25-26-27-28)15-6-5-7-18(23-15)24-20(29)16-8-14(12(3)9-21-16)17-10-30-13(4)22-17;1-9-8-16-11(12(17)18-6)7-10(9)15-19-13(2,3)14(4,5)20-15;1-7-5-13-10(12(15)16-3)4-9(7)11-6-17-8(2)14-11;1-3-6-4(5)2-7-3/h5-11H,1-4H3,(H,23,24,29);7-8H,1-6H3;4-6H,1-3H3;2H,1H3. The van der Waals surface area contributed by atoms with Crippen molar-refractivity contribution in [2.75, 3.05) is 19.5 Å². The van der Waals surface area contributed by atoms with Crippen LogP contribution in [-0.4, -0.2) is 105 Å². The zero-order valence-corrected chi connectivity index (χ0v) is 47.5. The van der Waals surface area contributed by atoms with Gasteiger partial charge in [0.1, 0.15) is 33.2 Å². The summed E-state index contributed by atoms with van der Waals surface area (Å²) in [5, 5.41) is 23.6. The number of amides is 1. The average molecular weight is 1120 g/mol. The predicted molar refractivity (Wildman–Crippen MR) is 291 cm³/mol. The van der Waals surface area contributed by atoms with Crippen LogP contribution in [0, 0.1) is 41.5 Å². The highest BCUT2D eigenvalue weighted by atomic mass is 79.9. The molecular formula is C50H56BBrN12O7S3. The van der Waals surface area contributed by atoms with Crippen molar-refractivity contribution in [1.29, 1.82) is 0 Å². The van der Waals surface area contributed by atoms with Crippen LogP contribution in [-0.2, 0) is 18.8 Å². The molecule has 19 nitrogen and oxygen atoms in total. The number of hydrogen-bond donors (Lipinski definition) is 1. The van der Waals surface area contributed by atoms with Crippen molar-refractivity contribution >= 4 is 86.2 Å². The van der Waals surface area contributed by atoms with E-state index >= 15 is 0 Å². The number of hydrogen-bond acceptors (Lipinski definition) is 20. The van der Waals surface area contributed by atoms with Crippen molar-refractivity contribution in [2.24, 2.45) is 0 Å². The van der Waals surface area contributed by atoms with Crippen LogP contribution in [0.15, 0.2) is 75.7 Å². The zero-order valence-electron chi connectivity index (χ0n) is 43.5. The Labute approximate surface area is 450 Å². The van der Waals surface area contributed by atoms with Crippen molar-refractivity contribution < 1.29 is 33.2 Å². The summed E-state index contributed by atoms with van der Waals surface area (Å²) in [5.41, 5.74) is 7.77. The normalized spacial score (nSPS) is 13.2. The second-order valence-electron chi connectivity index (χ2n) is 17.9. The van der Waals surface area contributed by atoms with Gasteiger partial charge in [-0.1, -0.05) is 6.07 Å². The number of ether oxygens (including phenoxy) is 2.